The molecule has 1 atom stereocenters. The van der Waals surface area contributed by atoms with Gasteiger partial charge in [-0.1, -0.05) is 13.8 Å². The maximum atomic E-state index is 11.7. The molecule has 2 heterocycles. The van der Waals surface area contributed by atoms with Gasteiger partial charge in [0.1, 0.15) is 0 Å². The number of amides is 1. The number of nitrogens with zero attached hydrogens (tertiary/aromatic N) is 2. The van der Waals surface area contributed by atoms with E-state index in [9.17, 15) is 4.79 Å². The molecule has 1 amide bonds. The van der Waals surface area contributed by atoms with Crippen molar-refractivity contribution < 1.29 is 4.79 Å². The molecule has 1 aromatic heterocycles. The molecular formula is C15H23N3O. The Hall–Kier alpha value is -1.32. The summed E-state index contributed by atoms with van der Waals surface area (Å²) in [6, 6.07) is 0.658. The first-order chi connectivity index (χ1) is 9.08. The van der Waals surface area contributed by atoms with Crippen LogP contribution in [0.15, 0.2) is 12.5 Å². The Bertz CT molecular complexity index is 475. The fourth-order valence-electron chi connectivity index (χ4n) is 3.41. The molecule has 1 aromatic rings. The van der Waals surface area contributed by atoms with Crippen LogP contribution in [0.4, 0.5) is 0 Å². The maximum Gasteiger partial charge on any atom is 0.220 e. The number of carbonyl (C=O) groups is 1. The number of hydrogen-bond donors (Lipinski definition) is 1. The molecule has 1 aliphatic heterocycles. The van der Waals surface area contributed by atoms with Gasteiger partial charge in [-0.2, -0.15) is 0 Å². The third kappa shape index (κ3) is 2.67. The minimum Gasteiger partial charge on any atom is -0.350 e. The summed E-state index contributed by atoms with van der Waals surface area (Å²) in [5.74, 6) is 0.800. The van der Waals surface area contributed by atoms with Crippen LogP contribution in [0.2, 0.25) is 0 Å². The Morgan fingerprint density at radius 3 is 2.89 bits per heavy atom. The average Bonchev–Trinajstić information content (AvgIpc) is 2.97. The van der Waals surface area contributed by atoms with Crippen LogP contribution in [0.5, 0.6) is 0 Å². The number of nitrogens with one attached hydrogen (secondary N) is 1. The predicted molar refractivity (Wildman–Crippen MR) is 73.8 cm³/mol. The molecule has 2 aliphatic rings. The number of rotatable bonds is 5. The Morgan fingerprint density at radius 1 is 1.53 bits per heavy atom. The Kier molecular flexibility index (Phi) is 3.11. The summed E-state index contributed by atoms with van der Waals surface area (Å²) < 4.78 is 2.31. The summed E-state index contributed by atoms with van der Waals surface area (Å²) in [6.07, 6.45) is 10.1. The molecule has 1 unspecified atom stereocenters. The zero-order valence-corrected chi connectivity index (χ0v) is 11.9. The highest BCUT2D eigenvalue weighted by Gasteiger charge is 2.39. The molecule has 0 radical (unpaired) electrons. The van der Waals surface area contributed by atoms with Crippen molar-refractivity contribution in [2.24, 2.45) is 5.92 Å². The number of imidazole rings is 1. The Labute approximate surface area is 114 Å². The van der Waals surface area contributed by atoms with Gasteiger partial charge in [0.05, 0.1) is 6.33 Å². The van der Waals surface area contributed by atoms with E-state index < -0.39 is 0 Å². The predicted octanol–water partition coefficient (Wildman–Crippen LogP) is 2.46. The smallest absolute Gasteiger partial charge is 0.220 e. The van der Waals surface area contributed by atoms with Crippen LogP contribution in [0.3, 0.4) is 0 Å². The molecule has 0 spiro atoms. The molecule has 1 saturated heterocycles. The van der Waals surface area contributed by atoms with Crippen LogP contribution in [-0.4, -0.2) is 21.0 Å². The van der Waals surface area contributed by atoms with Gasteiger partial charge >= 0.3 is 0 Å². The summed E-state index contributed by atoms with van der Waals surface area (Å²) in [6.45, 7) is 4.45. The lowest BCUT2D eigenvalue weighted by molar-refractivity contribution is -0.119. The topological polar surface area (TPSA) is 46.9 Å². The van der Waals surface area contributed by atoms with E-state index in [0.717, 1.165) is 19.3 Å². The third-order valence-corrected chi connectivity index (χ3v) is 4.24. The monoisotopic (exact) mass is 261 g/mol. The summed E-state index contributed by atoms with van der Waals surface area (Å²) >= 11 is 0. The van der Waals surface area contributed by atoms with Crippen molar-refractivity contribution in [2.45, 2.75) is 64.0 Å². The summed E-state index contributed by atoms with van der Waals surface area (Å²) in [5, 5.41) is 3.24. The van der Waals surface area contributed by atoms with Crippen LogP contribution in [-0.2, 0) is 11.2 Å². The van der Waals surface area contributed by atoms with E-state index in [2.05, 4.69) is 28.7 Å². The SMILES string of the molecule is CC(C)CC1(Cc2cncn2C2CC2)CCC(=O)N1. The van der Waals surface area contributed by atoms with E-state index in [4.69, 9.17) is 0 Å². The van der Waals surface area contributed by atoms with E-state index in [1.165, 1.54) is 18.5 Å². The first-order valence-electron chi connectivity index (χ1n) is 7.40. The van der Waals surface area contributed by atoms with Crippen molar-refractivity contribution >= 4 is 5.91 Å². The lowest BCUT2D eigenvalue weighted by atomic mass is 9.83. The molecule has 4 nitrogen and oxygen atoms in total. The molecule has 1 saturated carbocycles. The van der Waals surface area contributed by atoms with Gasteiger partial charge < -0.3 is 9.88 Å². The molecule has 104 valence electrons. The van der Waals surface area contributed by atoms with Crippen molar-refractivity contribution in [2.75, 3.05) is 0 Å². The lowest BCUT2D eigenvalue weighted by Crippen LogP contribution is -2.45. The molecule has 0 bridgehead atoms. The summed E-state index contributed by atoms with van der Waals surface area (Å²) in [5.41, 5.74) is 1.24. The highest BCUT2D eigenvalue weighted by Crippen LogP contribution is 2.38. The number of aromatic nitrogens is 2. The van der Waals surface area contributed by atoms with Gasteiger partial charge in [-0.3, -0.25) is 4.79 Å². The standard InChI is InChI=1S/C15H23N3O/c1-11(2)7-15(6-5-14(19)17-15)8-13-9-16-10-18(13)12-3-4-12/h9-12H,3-8H2,1-2H3,(H,17,19). The minimum atomic E-state index is -0.0437. The summed E-state index contributed by atoms with van der Waals surface area (Å²) in [4.78, 5) is 16.0. The zero-order valence-electron chi connectivity index (χ0n) is 11.9. The molecule has 3 rings (SSSR count). The molecule has 19 heavy (non-hydrogen) atoms. The fraction of sp³-hybridized carbons (Fsp3) is 0.733. The molecule has 0 aromatic carbocycles. The van der Waals surface area contributed by atoms with Crippen LogP contribution >= 0.6 is 0 Å². The van der Waals surface area contributed by atoms with Crippen LogP contribution < -0.4 is 5.32 Å². The first-order valence-corrected chi connectivity index (χ1v) is 7.40. The maximum absolute atomic E-state index is 11.7. The second-order valence-corrected chi connectivity index (χ2v) is 6.63. The van der Waals surface area contributed by atoms with Crippen molar-refractivity contribution in [3.63, 3.8) is 0 Å². The molecule has 2 fully saturated rings. The Balaban J connectivity index is 1.80. The van der Waals surface area contributed by atoms with E-state index in [0.29, 0.717) is 18.4 Å². The largest absolute Gasteiger partial charge is 0.350 e. The Morgan fingerprint density at radius 2 is 2.32 bits per heavy atom. The summed E-state index contributed by atoms with van der Waals surface area (Å²) in [7, 11) is 0. The highest BCUT2D eigenvalue weighted by molar-refractivity contribution is 5.79. The van der Waals surface area contributed by atoms with Gasteiger partial charge in [-0.25, -0.2) is 4.98 Å². The van der Waals surface area contributed by atoms with Gasteiger partial charge in [-0.05, 0) is 31.6 Å². The third-order valence-electron chi connectivity index (χ3n) is 4.24. The van der Waals surface area contributed by atoms with Crippen molar-refractivity contribution in [3.8, 4) is 0 Å². The van der Waals surface area contributed by atoms with Crippen LogP contribution in [0.25, 0.3) is 0 Å². The van der Waals surface area contributed by atoms with Crippen molar-refractivity contribution in [3.05, 3.63) is 18.2 Å². The minimum absolute atomic E-state index is 0.0437. The van der Waals surface area contributed by atoms with Gasteiger partial charge in [-0.15, -0.1) is 0 Å². The van der Waals surface area contributed by atoms with Crippen molar-refractivity contribution in [1.29, 1.82) is 0 Å². The average molecular weight is 261 g/mol. The molecule has 1 N–H and O–H groups in total. The lowest BCUT2D eigenvalue weighted by Gasteiger charge is -2.31. The zero-order chi connectivity index (χ0) is 13.5. The van der Waals surface area contributed by atoms with Gasteiger partial charge in [0, 0.05) is 36.3 Å². The molecule has 1 aliphatic carbocycles. The van der Waals surface area contributed by atoms with Crippen molar-refractivity contribution in [1.82, 2.24) is 14.9 Å². The molecule has 4 heteroatoms. The van der Waals surface area contributed by atoms with Gasteiger partial charge in [0.15, 0.2) is 0 Å². The number of hydrogen-bond acceptors (Lipinski definition) is 2. The quantitative estimate of drug-likeness (QED) is 0.885. The normalized spacial score (nSPS) is 27.0. The fourth-order valence-corrected chi connectivity index (χ4v) is 3.41. The first kappa shape index (κ1) is 12.7. The van der Waals surface area contributed by atoms with E-state index in [1.807, 2.05) is 12.5 Å². The van der Waals surface area contributed by atoms with Gasteiger partial charge in [0.2, 0.25) is 5.91 Å². The number of carbonyl (C=O) groups excluding carboxylic acids is 1. The molecular weight excluding hydrogens is 238 g/mol. The van der Waals surface area contributed by atoms with E-state index in [-0.39, 0.29) is 11.4 Å². The van der Waals surface area contributed by atoms with E-state index in [1.54, 1.807) is 0 Å². The van der Waals surface area contributed by atoms with Gasteiger partial charge in [0.25, 0.3) is 0 Å². The highest BCUT2D eigenvalue weighted by atomic mass is 16.2. The second kappa shape index (κ2) is 4.66. The van der Waals surface area contributed by atoms with Crippen LogP contribution in [0.1, 0.15) is 57.7 Å². The van der Waals surface area contributed by atoms with Crippen LogP contribution in [0, 0.1) is 5.92 Å². The van der Waals surface area contributed by atoms with E-state index >= 15 is 0 Å². The second-order valence-electron chi connectivity index (χ2n) is 6.63.